The number of hydrogen-bond acceptors (Lipinski definition) is 8. The second-order valence-electron chi connectivity index (χ2n) is 6.97. The highest BCUT2D eigenvalue weighted by Gasteiger charge is 2.12. The smallest absolute Gasteiger partial charge is 0.250 e. The van der Waals surface area contributed by atoms with E-state index < -0.39 is 15.9 Å². The van der Waals surface area contributed by atoms with Gasteiger partial charge in [0, 0.05) is 35.8 Å². The summed E-state index contributed by atoms with van der Waals surface area (Å²) in [5, 5.41) is 14.9. The van der Waals surface area contributed by atoms with Crippen LogP contribution in [0.4, 0.5) is 10.3 Å². The van der Waals surface area contributed by atoms with E-state index in [4.69, 9.17) is 0 Å². The molecule has 0 unspecified atom stereocenters. The zero-order valence-electron chi connectivity index (χ0n) is 17.4. The summed E-state index contributed by atoms with van der Waals surface area (Å²) in [6, 6.07) is 13.7. The molecule has 168 valence electrons. The quantitative estimate of drug-likeness (QED) is 0.370. The van der Waals surface area contributed by atoms with Crippen molar-refractivity contribution in [2.45, 2.75) is 6.54 Å². The maximum absolute atomic E-state index is 12.4. The predicted octanol–water partition coefficient (Wildman–Crippen LogP) is 2.87. The van der Waals surface area contributed by atoms with Crippen LogP contribution in [0.3, 0.4) is 0 Å². The molecule has 0 aliphatic heterocycles. The van der Waals surface area contributed by atoms with Gasteiger partial charge in [0.05, 0.1) is 12.8 Å². The van der Waals surface area contributed by atoms with Crippen LogP contribution in [-0.2, 0) is 21.4 Å². The number of anilines is 2. The van der Waals surface area contributed by atoms with Gasteiger partial charge in [0.2, 0.25) is 26.2 Å². The van der Waals surface area contributed by atoms with Crippen molar-refractivity contribution in [2.24, 2.45) is 0 Å². The van der Waals surface area contributed by atoms with Crippen molar-refractivity contribution >= 4 is 43.6 Å². The summed E-state index contributed by atoms with van der Waals surface area (Å²) < 4.78 is 26.6. The Kier molecular flexibility index (Phi) is 6.56. The summed E-state index contributed by atoms with van der Waals surface area (Å²) in [6.45, 7) is 0.578. The Morgan fingerprint density at radius 1 is 1.12 bits per heavy atom. The molecule has 2 N–H and O–H groups in total. The van der Waals surface area contributed by atoms with Gasteiger partial charge < -0.3 is 0 Å². The number of carbonyl (C=O) groups is 1. The van der Waals surface area contributed by atoms with Gasteiger partial charge in [0.25, 0.3) is 0 Å². The summed E-state index contributed by atoms with van der Waals surface area (Å²) in [7, 11) is -3.47. The summed E-state index contributed by atoms with van der Waals surface area (Å²) in [5.74, 6) is -0.440. The van der Waals surface area contributed by atoms with Gasteiger partial charge in [-0.3, -0.25) is 24.5 Å². The lowest BCUT2D eigenvalue weighted by atomic mass is 10.1. The van der Waals surface area contributed by atoms with E-state index >= 15 is 0 Å². The lowest BCUT2D eigenvalue weighted by Gasteiger charge is -2.01. The third kappa shape index (κ3) is 6.30. The van der Waals surface area contributed by atoms with Crippen molar-refractivity contribution in [1.29, 1.82) is 0 Å². The number of benzene rings is 1. The molecule has 33 heavy (non-hydrogen) atoms. The predicted molar refractivity (Wildman–Crippen MR) is 127 cm³/mol. The largest absolute Gasteiger partial charge is 0.297 e. The molecule has 0 bridgehead atoms. The molecule has 0 aliphatic rings. The number of sulfonamides is 1. The molecule has 1 aromatic carbocycles. The maximum Gasteiger partial charge on any atom is 0.250 e. The lowest BCUT2D eigenvalue weighted by molar-refractivity contribution is -0.111. The van der Waals surface area contributed by atoms with Crippen molar-refractivity contribution in [3.63, 3.8) is 0 Å². The highest BCUT2D eigenvalue weighted by atomic mass is 32.2. The number of hydrogen-bond donors (Lipinski definition) is 2. The molecule has 0 atom stereocenters. The summed E-state index contributed by atoms with van der Waals surface area (Å²) in [6.07, 6.45) is 9.27. The van der Waals surface area contributed by atoms with Crippen LogP contribution in [0.15, 0.2) is 67.1 Å². The number of pyridine rings is 1. The molecule has 12 heteroatoms. The van der Waals surface area contributed by atoms with Crippen LogP contribution in [0.25, 0.3) is 17.3 Å². The normalized spacial score (nSPS) is 11.5. The molecule has 0 fully saturated rings. The number of amides is 1. The van der Waals surface area contributed by atoms with Gasteiger partial charge >= 0.3 is 0 Å². The molecule has 3 aromatic heterocycles. The first kappa shape index (κ1) is 22.3. The van der Waals surface area contributed by atoms with E-state index in [1.54, 1.807) is 18.5 Å². The molecule has 10 nitrogen and oxygen atoms in total. The fourth-order valence-corrected chi connectivity index (χ4v) is 4.40. The minimum atomic E-state index is -3.47. The monoisotopic (exact) mass is 481 g/mol. The van der Waals surface area contributed by atoms with Gasteiger partial charge in [0.15, 0.2) is 0 Å². The fourth-order valence-electron chi connectivity index (χ4n) is 2.92. The molecule has 4 rings (SSSR count). The van der Waals surface area contributed by atoms with Crippen LogP contribution in [-0.4, -0.2) is 45.5 Å². The van der Waals surface area contributed by atoms with Crippen LogP contribution in [0.2, 0.25) is 0 Å². The van der Waals surface area contributed by atoms with Gasteiger partial charge in [0.1, 0.15) is 5.69 Å². The van der Waals surface area contributed by atoms with Crippen molar-refractivity contribution in [1.82, 2.24) is 25.0 Å². The molecular weight excluding hydrogens is 462 g/mol. The molecule has 0 aliphatic carbocycles. The third-order valence-corrected chi connectivity index (χ3v) is 5.70. The van der Waals surface area contributed by atoms with Crippen LogP contribution in [0.1, 0.15) is 11.1 Å². The zero-order valence-corrected chi connectivity index (χ0v) is 19.0. The van der Waals surface area contributed by atoms with E-state index in [0.29, 0.717) is 12.2 Å². The Morgan fingerprint density at radius 2 is 1.91 bits per heavy atom. The van der Waals surface area contributed by atoms with Crippen LogP contribution in [0.5, 0.6) is 0 Å². The minimum Gasteiger partial charge on any atom is -0.297 e. The first-order valence-electron chi connectivity index (χ1n) is 9.68. The van der Waals surface area contributed by atoms with E-state index in [9.17, 15) is 13.2 Å². The molecule has 1 amide bonds. The van der Waals surface area contributed by atoms with Crippen LogP contribution < -0.4 is 10.0 Å². The number of nitrogens with one attached hydrogen (secondary N) is 2. The Labute approximate surface area is 194 Å². The van der Waals surface area contributed by atoms with Gasteiger partial charge in [-0.05, 0) is 23.8 Å². The SMILES string of the molecule is CS(=O)(=O)Nc1nnc(NC(=O)C=Cc2cn(Cc3ccccc3)nc2-c2cccnc2)s1. The van der Waals surface area contributed by atoms with Crippen LogP contribution >= 0.6 is 11.3 Å². The number of carbonyl (C=O) groups excluding carboxylic acids is 1. The highest BCUT2D eigenvalue weighted by Crippen LogP contribution is 2.24. The standard InChI is InChI=1S/C21H19N7O3S2/c1-33(30,31)27-21-25-24-20(32-21)23-18(29)10-9-17-14-28(13-15-6-3-2-4-7-15)26-19(17)16-8-5-11-22-12-16/h2-12,14H,13H2,1H3,(H,25,27)(H,23,24,29). The minimum absolute atomic E-state index is 0.0674. The van der Waals surface area contributed by atoms with E-state index in [-0.39, 0.29) is 10.3 Å². The molecule has 0 radical (unpaired) electrons. The van der Waals surface area contributed by atoms with Crippen molar-refractivity contribution < 1.29 is 13.2 Å². The summed E-state index contributed by atoms with van der Waals surface area (Å²) in [4.78, 5) is 16.5. The van der Waals surface area contributed by atoms with Gasteiger partial charge in [-0.1, -0.05) is 41.7 Å². The second-order valence-corrected chi connectivity index (χ2v) is 9.69. The van der Waals surface area contributed by atoms with E-state index in [1.807, 2.05) is 53.3 Å². The highest BCUT2D eigenvalue weighted by molar-refractivity contribution is 7.92. The van der Waals surface area contributed by atoms with E-state index in [2.05, 4.69) is 30.3 Å². The third-order valence-electron chi connectivity index (χ3n) is 4.25. The second kappa shape index (κ2) is 9.71. The average molecular weight is 482 g/mol. The van der Waals surface area contributed by atoms with Crippen molar-refractivity contribution in [3.05, 3.63) is 78.3 Å². The fraction of sp³-hybridized carbons (Fsp3) is 0.0952. The zero-order chi connectivity index (χ0) is 23.3. The first-order valence-corrected chi connectivity index (χ1v) is 12.4. The maximum atomic E-state index is 12.4. The molecule has 0 spiro atoms. The van der Waals surface area contributed by atoms with E-state index in [0.717, 1.165) is 34.3 Å². The van der Waals surface area contributed by atoms with Gasteiger partial charge in [-0.15, -0.1) is 10.2 Å². The van der Waals surface area contributed by atoms with Gasteiger partial charge in [-0.25, -0.2) is 8.42 Å². The average Bonchev–Trinajstić information content (AvgIpc) is 3.39. The summed E-state index contributed by atoms with van der Waals surface area (Å²) >= 11 is 0.912. The molecular formula is C21H19N7O3S2. The molecule has 4 aromatic rings. The number of nitrogens with zero attached hydrogens (tertiary/aromatic N) is 5. The Balaban J connectivity index is 1.52. The van der Waals surface area contributed by atoms with Gasteiger partial charge in [-0.2, -0.15) is 5.10 Å². The topological polar surface area (TPSA) is 132 Å². The molecule has 0 saturated heterocycles. The van der Waals surface area contributed by atoms with Crippen molar-refractivity contribution in [2.75, 3.05) is 16.3 Å². The van der Waals surface area contributed by atoms with Crippen LogP contribution in [0, 0.1) is 0 Å². The summed E-state index contributed by atoms with van der Waals surface area (Å²) in [5.41, 5.74) is 3.36. The Hall–Kier alpha value is -3.90. The first-order chi connectivity index (χ1) is 15.9. The van der Waals surface area contributed by atoms with E-state index in [1.165, 1.54) is 6.08 Å². The Bertz CT molecular complexity index is 1380. The van der Waals surface area contributed by atoms with Crippen molar-refractivity contribution in [3.8, 4) is 11.3 Å². The number of aromatic nitrogens is 5. The lowest BCUT2D eigenvalue weighted by Crippen LogP contribution is -2.09. The molecule has 0 saturated carbocycles. The molecule has 3 heterocycles. The Morgan fingerprint density at radius 3 is 2.64 bits per heavy atom. The number of rotatable bonds is 8.